The monoisotopic (exact) mass is 219 g/mol. The van der Waals surface area contributed by atoms with Crippen molar-refractivity contribution in [1.82, 2.24) is 0 Å². The van der Waals surface area contributed by atoms with Gasteiger partial charge < -0.3 is 9.64 Å². The number of ether oxygens (including phenoxy) is 1. The Kier molecular flexibility index (Phi) is 2.97. The van der Waals surface area contributed by atoms with E-state index in [0.717, 1.165) is 16.8 Å². The second-order valence-electron chi connectivity index (χ2n) is 4.37. The smallest absolute Gasteiger partial charge is 0.253 e. The molecule has 86 valence electrons. The lowest BCUT2D eigenvalue weighted by molar-refractivity contribution is -0.127. The van der Waals surface area contributed by atoms with Crippen molar-refractivity contribution < 1.29 is 9.53 Å². The summed E-state index contributed by atoms with van der Waals surface area (Å²) in [5.74, 6) is 0.0520. The Balaban J connectivity index is 2.45. The Morgan fingerprint density at radius 2 is 1.94 bits per heavy atom. The highest BCUT2D eigenvalue weighted by Gasteiger charge is 2.28. The zero-order valence-corrected chi connectivity index (χ0v) is 9.99. The second-order valence-corrected chi connectivity index (χ2v) is 4.37. The summed E-state index contributed by atoms with van der Waals surface area (Å²) >= 11 is 0. The van der Waals surface area contributed by atoms with Crippen molar-refractivity contribution in [3.63, 3.8) is 0 Å². The first-order valence-electron chi connectivity index (χ1n) is 5.57. The maximum Gasteiger partial charge on any atom is 0.253 e. The average Bonchev–Trinajstić information content (AvgIpc) is 2.21. The molecule has 2 rings (SSSR count). The fourth-order valence-corrected chi connectivity index (χ4v) is 2.24. The van der Waals surface area contributed by atoms with Crippen LogP contribution in [0.4, 0.5) is 5.69 Å². The molecular weight excluding hydrogens is 202 g/mol. The van der Waals surface area contributed by atoms with Crippen LogP contribution in [-0.4, -0.2) is 25.2 Å². The van der Waals surface area contributed by atoms with Gasteiger partial charge in [0.15, 0.2) is 0 Å². The summed E-state index contributed by atoms with van der Waals surface area (Å²) in [6.07, 6.45) is 0. The topological polar surface area (TPSA) is 29.5 Å². The van der Waals surface area contributed by atoms with Gasteiger partial charge in [-0.2, -0.15) is 0 Å². The van der Waals surface area contributed by atoms with E-state index in [0.29, 0.717) is 6.61 Å². The van der Waals surface area contributed by atoms with Gasteiger partial charge >= 0.3 is 0 Å². The zero-order chi connectivity index (χ0) is 11.7. The van der Waals surface area contributed by atoms with Crippen LogP contribution in [-0.2, 0) is 9.53 Å². The van der Waals surface area contributed by atoms with Crippen LogP contribution >= 0.6 is 0 Å². The van der Waals surface area contributed by atoms with Crippen molar-refractivity contribution in [2.75, 3.05) is 18.1 Å². The second kappa shape index (κ2) is 4.26. The predicted octanol–water partition coefficient (Wildman–Crippen LogP) is 2.06. The Labute approximate surface area is 96.0 Å². The molecule has 0 N–H and O–H groups in total. The van der Waals surface area contributed by atoms with E-state index < -0.39 is 0 Å². The zero-order valence-electron chi connectivity index (χ0n) is 9.99. The lowest BCUT2D eigenvalue weighted by Gasteiger charge is -2.35. The van der Waals surface area contributed by atoms with Crippen LogP contribution in [0.25, 0.3) is 0 Å². The summed E-state index contributed by atoms with van der Waals surface area (Å²) in [7, 11) is 0. The van der Waals surface area contributed by atoms with E-state index in [1.807, 2.05) is 43.9 Å². The van der Waals surface area contributed by atoms with Crippen molar-refractivity contribution in [3.8, 4) is 0 Å². The minimum absolute atomic E-state index is 0.0520. The van der Waals surface area contributed by atoms with E-state index in [1.54, 1.807) is 0 Å². The molecule has 16 heavy (non-hydrogen) atoms. The predicted molar refractivity (Wildman–Crippen MR) is 63.7 cm³/mol. The minimum Gasteiger partial charge on any atom is -0.369 e. The normalized spacial score (nSPS) is 21.3. The lowest BCUT2D eigenvalue weighted by Crippen LogP contribution is -2.48. The van der Waals surface area contributed by atoms with Gasteiger partial charge in [-0.25, -0.2) is 0 Å². The summed E-state index contributed by atoms with van der Waals surface area (Å²) in [6.45, 7) is 6.90. The van der Waals surface area contributed by atoms with Crippen LogP contribution in [0, 0.1) is 13.8 Å². The minimum atomic E-state index is 0.0520. The molecule has 1 aromatic rings. The highest BCUT2D eigenvalue weighted by molar-refractivity contribution is 5.96. The lowest BCUT2D eigenvalue weighted by atomic mass is 10.1. The highest BCUT2D eigenvalue weighted by Crippen LogP contribution is 2.28. The Morgan fingerprint density at radius 3 is 2.50 bits per heavy atom. The molecule has 0 bridgehead atoms. The third-order valence-corrected chi connectivity index (χ3v) is 2.97. The van der Waals surface area contributed by atoms with Gasteiger partial charge in [0.25, 0.3) is 5.91 Å². The van der Waals surface area contributed by atoms with E-state index in [9.17, 15) is 4.79 Å². The molecule has 1 heterocycles. The number of benzene rings is 1. The quantitative estimate of drug-likeness (QED) is 0.723. The van der Waals surface area contributed by atoms with Gasteiger partial charge in [-0.05, 0) is 31.9 Å². The summed E-state index contributed by atoms with van der Waals surface area (Å²) in [5, 5.41) is 0. The van der Waals surface area contributed by atoms with E-state index in [-0.39, 0.29) is 18.6 Å². The van der Waals surface area contributed by atoms with Crippen LogP contribution < -0.4 is 4.90 Å². The van der Waals surface area contributed by atoms with Crippen LogP contribution in [0.5, 0.6) is 0 Å². The fraction of sp³-hybridized carbons (Fsp3) is 0.462. The van der Waals surface area contributed by atoms with Crippen molar-refractivity contribution in [3.05, 3.63) is 29.3 Å². The summed E-state index contributed by atoms with van der Waals surface area (Å²) in [6, 6.07) is 6.21. The number of aryl methyl sites for hydroxylation is 2. The van der Waals surface area contributed by atoms with Gasteiger partial charge in [0.1, 0.15) is 6.61 Å². The third-order valence-electron chi connectivity index (χ3n) is 2.97. The summed E-state index contributed by atoms with van der Waals surface area (Å²) < 4.78 is 5.23. The van der Waals surface area contributed by atoms with Gasteiger partial charge in [0, 0.05) is 5.69 Å². The van der Waals surface area contributed by atoms with Gasteiger partial charge in [-0.1, -0.05) is 18.2 Å². The maximum absolute atomic E-state index is 11.9. The molecule has 0 spiro atoms. The van der Waals surface area contributed by atoms with Crippen LogP contribution in [0.1, 0.15) is 18.1 Å². The number of carbonyl (C=O) groups excluding carboxylic acids is 1. The standard InChI is InChI=1S/C13H17NO2/c1-9-5-4-6-10(2)13(9)14-11(3)7-16-8-12(14)15/h4-6,11H,7-8H2,1-3H3. The average molecular weight is 219 g/mol. The van der Waals surface area contributed by atoms with E-state index in [1.165, 1.54) is 0 Å². The number of morpholine rings is 1. The first-order chi connectivity index (χ1) is 7.61. The number of rotatable bonds is 1. The molecule has 3 heteroatoms. The number of hydrogen-bond donors (Lipinski definition) is 0. The van der Waals surface area contributed by atoms with E-state index >= 15 is 0 Å². The van der Waals surface area contributed by atoms with Gasteiger partial charge in [0.2, 0.25) is 0 Å². The fourth-order valence-electron chi connectivity index (χ4n) is 2.24. The number of nitrogens with zero attached hydrogens (tertiary/aromatic N) is 1. The van der Waals surface area contributed by atoms with Crippen LogP contribution in [0.15, 0.2) is 18.2 Å². The van der Waals surface area contributed by atoms with Crippen molar-refractivity contribution in [1.29, 1.82) is 0 Å². The van der Waals surface area contributed by atoms with E-state index in [4.69, 9.17) is 4.74 Å². The SMILES string of the molecule is Cc1cccc(C)c1N1C(=O)COCC1C. The number of para-hydroxylation sites is 1. The van der Waals surface area contributed by atoms with Gasteiger partial charge in [0.05, 0.1) is 12.6 Å². The van der Waals surface area contributed by atoms with Crippen molar-refractivity contribution in [2.24, 2.45) is 0 Å². The molecule has 0 aromatic heterocycles. The Morgan fingerprint density at radius 1 is 1.31 bits per heavy atom. The summed E-state index contributed by atoms with van der Waals surface area (Å²) in [5.41, 5.74) is 3.33. The molecular formula is C13H17NO2. The number of amides is 1. The molecule has 1 atom stereocenters. The maximum atomic E-state index is 11.9. The van der Waals surface area contributed by atoms with Gasteiger partial charge in [-0.3, -0.25) is 4.79 Å². The number of anilines is 1. The molecule has 1 amide bonds. The van der Waals surface area contributed by atoms with Crippen molar-refractivity contribution in [2.45, 2.75) is 26.8 Å². The molecule has 0 radical (unpaired) electrons. The summed E-state index contributed by atoms with van der Waals surface area (Å²) in [4.78, 5) is 13.8. The largest absolute Gasteiger partial charge is 0.369 e. The van der Waals surface area contributed by atoms with Crippen molar-refractivity contribution >= 4 is 11.6 Å². The number of hydrogen-bond acceptors (Lipinski definition) is 2. The molecule has 1 aromatic carbocycles. The molecule has 1 unspecified atom stereocenters. The molecule has 0 aliphatic carbocycles. The Hall–Kier alpha value is -1.35. The first kappa shape index (κ1) is 11.1. The Bertz CT molecular complexity index is 394. The molecule has 1 aliphatic heterocycles. The van der Waals surface area contributed by atoms with Crippen LogP contribution in [0.3, 0.4) is 0 Å². The first-order valence-corrected chi connectivity index (χ1v) is 5.57. The number of carbonyl (C=O) groups is 1. The molecule has 1 fully saturated rings. The molecule has 1 saturated heterocycles. The highest BCUT2D eigenvalue weighted by atomic mass is 16.5. The molecule has 0 saturated carbocycles. The third kappa shape index (κ3) is 1.83. The van der Waals surface area contributed by atoms with E-state index in [2.05, 4.69) is 0 Å². The molecule has 3 nitrogen and oxygen atoms in total. The molecule has 1 aliphatic rings. The van der Waals surface area contributed by atoms with Crippen LogP contribution in [0.2, 0.25) is 0 Å². The van der Waals surface area contributed by atoms with Gasteiger partial charge in [-0.15, -0.1) is 0 Å².